The van der Waals surface area contributed by atoms with Gasteiger partial charge in [0, 0.05) is 17.8 Å². The average Bonchev–Trinajstić information content (AvgIpc) is 2.79. The largest absolute Gasteiger partial charge is 0.452 e. The molecule has 0 aliphatic heterocycles. The van der Waals surface area contributed by atoms with Gasteiger partial charge in [-0.25, -0.2) is 4.79 Å². The van der Waals surface area contributed by atoms with Crippen molar-refractivity contribution in [2.75, 3.05) is 11.9 Å². The summed E-state index contributed by atoms with van der Waals surface area (Å²) in [7, 11) is -4.25. The van der Waals surface area contributed by atoms with Crippen molar-refractivity contribution in [3.63, 3.8) is 0 Å². The van der Waals surface area contributed by atoms with Gasteiger partial charge >= 0.3 is 16.1 Å². The maximum Gasteiger partial charge on any atom is 0.342 e. The molecule has 0 unspecified atom stereocenters. The van der Waals surface area contributed by atoms with Gasteiger partial charge in [-0.3, -0.25) is 14.9 Å². The van der Waals surface area contributed by atoms with E-state index in [4.69, 9.17) is 8.92 Å². The molecule has 10 nitrogen and oxygen atoms in total. The van der Waals surface area contributed by atoms with Crippen molar-refractivity contribution in [1.29, 1.82) is 0 Å². The van der Waals surface area contributed by atoms with Gasteiger partial charge < -0.3 is 14.2 Å². The third-order valence-corrected chi connectivity index (χ3v) is 5.97. The van der Waals surface area contributed by atoms with Crippen LogP contribution in [0.25, 0.3) is 0 Å². The lowest BCUT2D eigenvalue weighted by Gasteiger charge is -2.13. The van der Waals surface area contributed by atoms with Gasteiger partial charge in [-0.1, -0.05) is 30.3 Å². The van der Waals surface area contributed by atoms with Crippen LogP contribution in [0.3, 0.4) is 0 Å². The number of carbonyl (C=O) groups excluding carboxylic acids is 2. The fraction of sp³-hybridized carbons (Fsp3) is 0.130. The van der Waals surface area contributed by atoms with Crippen LogP contribution < -0.4 is 9.50 Å². The maximum atomic E-state index is 12.8. The zero-order valence-electron chi connectivity index (χ0n) is 18.2. The summed E-state index contributed by atoms with van der Waals surface area (Å²) in [5.74, 6) is -1.98. The quantitative estimate of drug-likeness (QED) is 0.220. The van der Waals surface area contributed by atoms with E-state index >= 15 is 0 Å². The van der Waals surface area contributed by atoms with Crippen LogP contribution in [0.1, 0.15) is 21.5 Å². The summed E-state index contributed by atoms with van der Waals surface area (Å²) < 4.78 is 35.8. The molecule has 0 aliphatic rings. The predicted molar refractivity (Wildman–Crippen MR) is 122 cm³/mol. The van der Waals surface area contributed by atoms with Crippen LogP contribution in [0.4, 0.5) is 11.4 Å². The van der Waals surface area contributed by atoms with Crippen molar-refractivity contribution in [1.82, 2.24) is 0 Å². The van der Waals surface area contributed by atoms with Crippen LogP contribution in [0.15, 0.2) is 71.6 Å². The molecule has 0 spiro atoms. The Morgan fingerprint density at radius 1 is 1.00 bits per heavy atom. The highest BCUT2D eigenvalue weighted by Gasteiger charge is 2.24. The molecule has 0 saturated heterocycles. The van der Waals surface area contributed by atoms with Crippen LogP contribution in [0, 0.1) is 24.0 Å². The van der Waals surface area contributed by atoms with Crippen LogP contribution in [0.2, 0.25) is 0 Å². The monoisotopic (exact) mass is 484 g/mol. The zero-order valence-corrected chi connectivity index (χ0v) is 19.0. The molecule has 0 radical (unpaired) electrons. The number of hydrogen-bond donors (Lipinski definition) is 1. The molecule has 3 rings (SSSR count). The summed E-state index contributed by atoms with van der Waals surface area (Å²) in [6.07, 6.45) is 0. The van der Waals surface area contributed by atoms with Crippen LogP contribution in [0.5, 0.6) is 5.75 Å². The van der Waals surface area contributed by atoms with Crippen LogP contribution >= 0.6 is 0 Å². The van der Waals surface area contributed by atoms with Gasteiger partial charge in [-0.05, 0) is 49.2 Å². The van der Waals surface area contributed by atoms with Crippen molar-refractivity contribution in [3.8, 4) is 5.75 Å². The number of para-hydroxylation sites is 1. The van der Waals surface area contributed by atoms with E-state index < -0.39 is 33.5 Å². The summed E-state index contributed by atoms with van der Waals surface area (Å²) >= 11 is 0. The number of nitrogens with zero attached hydrogens (tertiary/aromatic N) is 1. The second kappa shape index (κ2) is 10.1. The number of ether oxygens (including phenoxy) is 1. The Kier molecular flexibility index (Phi) is 7.27. The van der Waals surface area contributed by atoms with E-state index in [1.54, 1.807) is 26.0 Å². The summed E-state index contributed by atoms with van der Waals surface area (Å²) in [4.78, 5) is 34.8. The lowest BCUT2D eigenvalue weighted by atomic mass is 10.2. The highest BCUT2D eigenvalue weighted by Crippen LogP contribution is 2.26. The highest BCUT2D eigenvalue weighted by molar-refractivity contribution is 7.87. The maximum absolute atomic E-state index is 12.8. The average molecular weight is 484 g/mol. The Morgan fingerprint density at radius 2 is 1.74 bits per heavy atom. The number of hydrogen-bond acceptors (Lipinski definition) is 8. The summed E-state index contributed by atoms with van der Waals surface area (Å²) in [5.41, 5.74) is 0.933. The third kappa shape index (κ3) is 5.95. The van der Waals surface area contributed by atoms with Crippen molar-refractivity contribution in [2.45, 2.75) is 18.7 Å². The molecule has 11 heteroatoms. The second-order valence-electron chi connectivity index (χ2n) is 7.23. The van der Waals surface area contributed by atoms with Crippen molar-refractivity contribution >= 4 is 33.4 Å². The molecule has 3 aromatic rings. The van der Waals surface area contributed by atoms with Gasteiger partial charge in [0.25, 0.3) is 11.6 Å². The first-order valence-electron chi connectivity index (χ1n) is 9.89. The fourth-order valence-electron chi connectivity index (χ4n) is 2.95. The molecule has 0 fully saturated rings. The molecule has 1 amide bonds. The Morgan fingerprint density at radius 3 is 2.47 bits per heavy atom. The summed E-state index contributed by atoms with van der Waals surface area (Å²) in [5, 5.41) is 13.2. The normalized spacial score (nSPS) is 10.9. The summed E-state index contributed by atoms with van der Waals surface area (Å²) in [6, 6.07) is 15.7. The minimum absolute atomic E-state index is 0.0352. The first-order chi connectivity index (χ1) is 16.1. The summed E-state index contributed by atoms with van der Waals surface area (Å²) in [6.45, 7) is 2.65. The molecule has 1 N–H and O–H groups in total. The Labute approximate surface area is 195 Å². The molecular formula is C23H20N2O8S. The number of anilines is 1. The number of carbonyl (C=O) groups is 2. The molecule has 0 heterocycles. The minimum atomic E-state index is -4.25. The van der Waals surface area contributed by atoms with E-state index in [0.29, 0.717) is 5.56 Å². The number of aryl methyl sites for hydroxylation is 2. The Hall–Kier alpha value is -4.25. The standard InChI is InChI=1S/C23H20N2O8S/c1-15-10-11-16(2)21(12-15)34(30,31)33-20-9-4-3-8-19(20)23(27)32-14-22(26)24-17-6-5-7-18(13-17)25(28)29/h3-13H,14H2,1-2H3,(H,24,26). The Balaban J connectivity index is 1.71. The van der Waals surface area contributed by atoms with Crippen LogP contribution in [-0.4, -0.2) is 31.8 Å². The molecule has 0 bridgehead atoms. The Bertz CT molecular complexity index is 1370. The van der Waals surface area contributed by atoms with E-state index in [0.717, 1.165) is 11.6 Å². The van der Waals surface area contributed by atoms with Gasteiger partial charge in [0.1, 0.15) is 10.5 Å². The van der Waals surface area contributed by atoms with E-state index in [-0.39, 0.29) is 27.6 Å². The fourth-order valence-corrected chi connectivity index (χ4v) is 4.21. The van der Waals surface area contributed by atoms with E-state index in [1.807, 2.05) is 0 Å². The molecule has 0 aromatic heterocycles. The highest BCUT2D eigenvalue weighted by atomic mass is 32.2. The number of amides is 1. The van der Waals surface area contributed by atoms with Gasteiger partial charge in [0.15, 0.2) is 12.4 Å². The van der Waals surface area contributed by atoms with E-state index in [2.05, 4.69) is 5.32 Å². The number of non-ortho nitro benzene ring substituents is 1. The van der Waals surface area contributed by atoms with E-state index in [9.17, 15) is 28.1 Å². The van der Waals surface area contributed by atoms with Crippen molar-refractivity contribution < 1.29 is 31.9 Å². The molecule has 0 saturated carbocycles. The minimum Gasteiger partial charge on any atom is -0.452 e. The lowest BCUT2D eigenvalue weighted by molar-refractivity contribution is -0.384. The van der Waals surface area contributed by atoms with Gasteiger partial charge in [-0.15, -0.1) is 0 Å². The first-order valence-corrected chi connectivity index (χ1v) is 11.3. The molecular weight excluding hydrogens is 464 g/mol. The number of rotatable bonds is 8. The topological polar surface area (TPSA) is 142 Å². The van der Waals surface area contributed by atoms with Crippen LogP contribution in [-0.2, 0) is 19.6 Å². The third-order valence-electron chi connectivity index (χ3n) is 4.59. The number of nitrogens with one attached hydrogen (secondary N) is 1. The van der Waals surface area contributed by atoms with Gasteiger partial charge in [-0.2, -0.15) is 8.42 Å². The van der Waals surface area contributed by atoms with Crippen molar-refractivity contribution in [3.05, 3.63) is 93.5 Å². The zero-order chi connectivity index (χ0) is 24.9. The molecule has 0 atom stereocenters. The van der Waals surface area contributed by atoms with Gasteiger partial charge in [0.2, 0.25) is 0 Å². The predicted octanol–water partition coefficient (Wildman–Crippen LogP) is 3.77. The molecule has 34 heavy (non-hydrogen) atoms. The number of nitro benzene ring substituents is 1. The number of esters is 1. The SMILES string of the molecule is Cc1ccc(C)c(S(=O)(=O)Oc2ccccc2C(=O)OCC(=O)Nc2cccc([N+](=O)[O-])c2)c1. The molecule has 0 aliphatic carbocycles. The molecule has 3 aromatic carbocycles. The first kappa shape index (κ1) is 24.4. The number of nitro groups is 1. The number of benzene rings is 3. The van der Waals surface area contributed by atoms with E-state index in [1.165, 1.54) is 48.5 Å². The smallest absolute Gasteiger partial charge is 0.342 e. The molecule has 176 valence electrons. The second-order valence-corrected chi connectivity index (χ2v) is 8.75. The lowest BCUT2D eigenvalue weighted by Crippen LogP contribution is -2.21. The van der Waals surface area contributed by atoms with Crippen molar-refractivity contribution in [2.24, 2.45) is 0 Å². The van der Waals surface area contributed by atoms with Gasteiger partial charge in [0.05, 0.1) is 4.92 Å².